The smallest absolute Gasteiger partial charge is 0.326 e. The van der Waals surface area contributed by atoms with Gasteiger partial charge in [0.1, 0.15) is 12.4 Å². The van der Waals surface area contributed by atoms with Crippen LogP contribution in [0, 0.1) is 0 Å². The summed E-state index contributed by atoms with van der Waals surface area (Å²) in [5.74, 6) is 0.0553. The summed E-state index contributed by atoms with van der Waals surface area (Å²) in [6.07, 6.45) is 4.85. The second-order valence-corrected chi connectivity index (χ2v) is 6.85. The fourth-order valence-corrected chi connectivity index (χ4v) is 3.21. The Morgan fingerprint density at radius 3 is 2.84 bits per heavy atom. The van der Waals surface area contributed by atoms with Crippen molar-refractivity contribution in [1.29, 1.82) is 0 Å². The van der Waals surface area contributed by atoms with E-state index < -0.39 is 12.1 Å². The van der Waals surface area contributed by atoms with Gasteiger partial charge in [-0.15, -0.1) is 0 Å². The van der Waals surface area contributed by atoms with Crippen molar-refractivity contribution in [2.24, 2.45) is 0 Å². The number of carbonyl (C=O) groups is 2. The molecule has 1 amide bonds. The average molecular weight is 368 g/mol. The summed E-state index contributed by atoms with van der Waals surface area (Å²) in [5.41, 5.74) is 0. The summed E-state index contributed by atoms with van der Waals surface area (Å²) in [6.45, 7) is 4.49. The molecule has 2 atom stereocenters. The number of likely N-dealkylation sites (N-methyl/N-ethyl adjacent to an activating group) is 1. The predicted octanol–water partition coefficient (Wildman–Crippen LogP) is 2.89. The molecule has 0 saturated carbocycles. The van der Waals surface area contributed by atoms with Crippen LogP contribution in [0.2, 0.25) is 5.02 Å². The summed E-state index contributed by atoms with van der Waals surface area (Å²) < 4.78 is 5.35. The average Bonchev–Trinajstić information content (AvgIpc) is 2.61. The largest absolute Gasteiger partial charge is 0.451 e. The van der Waals surface area contributed by atoms with Crippen molar-refractivity contribution in [3.05, 3.63) is 23.4 Å². The monoisotopic (exact) mass is 367 g/mol. The first kappa shape index (κ1) is 19.5. The molecule has 1 aliphatic heterocycles. The van der Waals surface area contributed by atoms with Gasteiger partial charge in [-0.05, 0) is 44.7 Å². The number of rotatable bonds is 6. The highest BCUT2D eigenvalue weighted by molar-refractivity contribution is 6.30. The van der Waals surface area contributed by atoms with Gasteiger partial charge in [-0.1, -0.05) is 18.5 Å². The Balaban J connectivity index is 1.88. The maximum atomic E-state index is 12.6. The van der Waals surface area contributed by atoms with E-state index in [9.17, 15) is 9.59 Å². The molecule has 0 aliphatic carbocycles. The van der Waals surface area contributed by atoms with E-state index in [0.717, 1.165) is 32.2 Å². The Morgan fingerprint density at radius 2 is 2.20 bits per heavy atom. The van der Waals surface area contributed by atoms with Gasteiger partial charge in [-0.3, -0.25) is 9.59 Å². The lowest BCUT2D eigenvalue weighted by molar-refractivity contribution is -0.159. The number of hydrogen-bond acceptors (Lipinski definition) is 5. The number of nitrogens with zero attached hydrogens (tertiary/aromatic N) is 3. The minimum absolute atomic E-state index is 0.0173. The summed E-state index contributed by atoms with van der Waals surface area (Å²) in [5, 5.41) is 0.533. The van der Waals surface area contributed by atoms with Gasteiger partial charge in [0.15, 0.2) is 6.10 Å². The third-order valence-electron chi connectivity index (χ3n) is 4.51. The molecule has 0 unspecified atom stereocenters. The third kappa shape index (κ3) is 5.33. The first-order valence-corrected chi connectivity index (χ1v) is 9.12. The van der Waals surface area contributed by atoms with Crippen LogP contribution < -0.4 is 4.90 Å². The van der Waals surface area contributed by atoms with Crippen LogP contribution in [0.25, 0.3) is 0 Å². The van der Waals surface area contributed by atoms with Crippen LogP contribution in [0.5, 0.6) is 0 Å². The van der Waals surface area contributed by atoms with Crippen molar-refractivity contribution < 1.29 is 14.3 Å². The standard InChI is InChI=1S/C18H26ClN3O3/c1-4-15-7-5-6-10-22(15)18(24)13(2)25-17(23)12-21(3)16-9-8-14(19)11-20-16/h8-9,11,13,15H,4-7,10,12H2,1-3H3/t13-,15-/m1/s1. The number of amides is 1. The van der Waals surface area contributed by atoms with Crippen molar-refractivity contribution >= 4 is 29.3 Å². The number of pyridine rings is 1. The quantitative estimate of drug-likeness (QED) is 0.723. The molecule has 0 N–H and O–H groups in total. The van der Waals surface area contributed by atoms with Crippen molar-refractivity contribution in [3.8, 4) is 0 Å². The Kier molecular flexibility index (Phi) is 7.05. The van der Waals surface area contributed by atoms with Crippen LogP contribution in [-0.2, 0) is 14.3 Å². The lowest BCUT2D eigenvalue weighted by Crippen LogP contribution is -2.48. The van der Waals surface area contributed by atoms with Crippen molar-refractivity contribution in [3.63, 3.8) is 0 Å². The van der Waals surface area contributed by atoms with Crippen LogP contribution in [0.4, 0.5) is 5.82 Å². The zero-order valence-electron chi connectivity index (χ0n) is 15.1. The van der Waals surface area contributed by atoms with E-state index in [0.29, 0.717) is 10.8 Å². The molecule has 0 spiro atoms. The van der Waals surface area contributed by atoms with Gasteiger partial charge in [0, 0.05) is 25.8 Å². The number of halogens is 1. The number of hydrogen-bond donors (Lipinski definition) is 0. The van der Waals surface area contributed by atoms with E-state index in [-0.39, 0.29) is 18.5 Å². The molecule has 1 aromatic heterocycles. The number of esters is 1. The number of likely N-dealkylation sites (tertiary alicyclic amines) is 1. The molecular formula is C18H26ClN3O3. The van der Waals surface area contributed by atoms with Gasteiger partial charge >= 0.3 is 5.97 Å². The molecule has 1 fully saturated rings. The number of aromatic nitrogens is 1. The number of piperidine rings is 1. The van der Waals surface area contributed by atoms with Gasteiger partial charge in [0.2, 0.25) is 0 Å². The van der Waals surface area contributed by atoms with E-state index >= 15 is 0 Å². The fourth-order valence-electron chi connectivity index (χ4n) is 3.10. The molecule has 1 aromatic rings. The molecule has 0 aromatic carbocycles. The molecule has 2 heterocycles. The lowest BCUT2D eigenvalue weighted by Gasteiger charge is -2.36. The van der Waals surface area contributed by atoms with Crippen LogP contribution in [-0.4, -0.2) is 54.0 Å². The van der Waals surface area contributed by atoms with Crippen LogP contribution in [0.1, 0.15) is 39.5 Å². The first-order chi connectivity index (χ1) is 11.9. The molecule has 0 radical (unpaired) electrons. The summed E-state index contributed by atoms with van der Waals surface area (Å²) in [4.78, 5) is 32.4. The van der Waals surface area contributed by atoms with Crippen LogP contribution >= 0.6 is 11.6 Å². The van der Waals surface area contributed by atoms with Crippen LogP contribution in [0.3, 0.4) is 0 Å². The van der Waals surface area contributed by atoms with Gasteiger partial charge in [-0.2, -0.15) is 0 Å². The molecule has 6 nitrogen and oxygen atoms in total. The van der Waals surface area contributed by atoms with E-state index in [1.165, 1.54) is 6.20 Å². The Morgan fingerprint density at radius 1 is 1.44 bits per heavy atom. The van der Waals surface area contributed by atoms with Gasteiger partial charge < -0.3 is 14.5 Å². The number of anilines is 1. The minimum atomic E-state index is -0.772. The number of carbonyl (C=O) groups excluding carboxylic acids is 2. The highest BCUT2D eigenvalue weighted by Crippen LogP contribution is 2.21. The van der Waals surface area contributed by atoms with E-state index in [1.54, 1.807) is 31.0 Å². The van der Waals surface area contributed by atoms with Gasteiger partial charge in [0.25, 0.3) is 5.91 Å². The van der Waals surface area contributed by atoms with Crippen molar-refractivity contribution in [2.45, 2.75) is 51.7 Å². The Hall–Kier alpha value is -1.82. The second kappa shape index (κ2) is 9.04. The minimum Gasteiger partial charge on any atom is -0.451 e. The molecule has 1 aliphatic rings. The highest BCUT2D eigenvalue weighted by atomic mass is 35.5. The molecule has 2 rings (SSSR count). The normalized spacial score (nSPS) is 18.6. The topological polar surface area (TPSA) is 62.7 Å². The maximum absolute atomic E-state index is 12.6. The molecular weight excluding hydrogens is 342 g/mol. The van der Waals surface area contributed by atoms with E-state index in [1.807, 2.05) is 4.90 Å². The molecule has 7 heteroatoms. The van der Waals surface area contributed by atoms with E-state index in [4.69, 9.17) is 16.3 Å². The van der Waals surface area contributed by atoms with E-state index in [2.05, 4.69) is 11.9 Å². The summed E-state index contributed by atoms with van der Waals surface area (Å²) in [7, 11) is 1.74. The lowest BCUT2D eigenvalue weighted by atomic mass is 9.99. The third-order valence-corrected chi connectivity index (χ3v) is 4.73. The summed E-state index contributed by atoms with van der Waals surface area (Å²) >= 11 is 5.81. The van der Waals surface area contributed by atoms with Crippen LogP contribution in [0.15, 0.2) is 18.3 Å². The highest BCUT2D eigenvalue weighted by Gasteiger charge is 2.30. The zero-order chi connectivity index (χ0) is 18.4. The predicted molar refractivity (Wildman–Crippen MR) is 97.7 cm³/mol. The molecule has 1 saturated heterocycles. The Labute approximate surface area is 154 Å². The van der Waals surface area contributed by atoms with Gasteiger partial charge in [0.05, 0.1) is 5.02 Å². The molecule has 0 bridgehead atoms. The van der Waals surface area contributed by atoms with Crippen molar-refractivity contribution in [2.75, 3.05) is 25.0 Å². The first-order valence-electron chi connectivity index (χ1n) is 8.75. The zero-order valence-corrected chi connectivity index (χ0v) is 15.8. The number of ether oxygens (including phenoxy) is 1. The van der Waals surface area contributed by atoms with Crippen molar-refractivity contribution in [1.82, 2.24) is 9.88 Å². The molecule has 138 valence electrons. The summed E-state index contributed by atoms with van der Waals surface area (Å²) in [6, 6.07) is 3.69. The fraction of sp³-hybridized carbons (Fsp3) is 0.611. The maximum Gasteiger partial charge on any atom is 0.326 e. The van der Waals surface area contributed by atoms with Gasteiger partial charge in [-0.25, -0.2) is 4.98 Å². The molecule has 25 heavy (non-hydrogen) atoms. The SMILES string of the molecule is CC[C@@H]1CCCCN1C(=O)[C@@H](C)OC(=O)CN(C)c1ccc(Cl)cn1. The second-order valence-electron chi connectivity index (χ2n) is 6.41. The Bertz CT molecular complexity index is 594.